The van der Waals surface area contributed by atoms with Crippen LogP contribution in [0.3, 0.4) is 0 Å². The van der Waals surface area contributed by atoms with Crippen LogP contribution in [0.25, 0.3) is 11.0 Å². The van der Waals surface area contributed by atoms with Crippen LogP contribution < -0.4 is 5.32 Å². The third kappa shape index (κ3) is 2.67. The normalized spacial score (nSPS) is 14.6. The number of hydrogen-bond acceptors (Lipinski definition) is 3. The molecule has 2 unspecified atom stereocenters. The number of hydrogen-bond donors (Lipinski definition) is 1. The topological polar surface area (TPSA) is 37.8 Å². The van der Waals surface area contributed by atoms with E-state index in [-0.39, 0.29) is 0 Å². The molecule has 0 saturated carbocycles. The molecule has 2 atom stereocenters. The minimum Gasteiger partial charge on any atom is -0.314 e. The summed E-state index contributed by atoms with van der Waals surface area (Å²) in [7, 11) is 0. The lowest BCUT2D eigenvalue weighted by molar-refractivity contribution is 0.442. The molecule has 0 spiro atoms. The van der Waals surface area contributed by atoms with E-state index in [1.54, 1.807) is 0 Å². The zero-order valence-corrected chi connectivity index (χ0v) is 11.4. The maximum atomic E-state index is 4.72. The smallest absolute Gasteiger partial charge is 0.0890 e. The summed E-state index contributed by atoms with van der Waals surface area (Å²) in [4.78, 5) is 9.21. The second-order valence-corrected chi connectivity index (χ2v) is 4.64. The van der Waals surface area contributed by atoms with E-state index in [1.807, 2.05) is 30.5 Å². The number of rotatable bonds is 5. The van der Waals surface area contributed by atoms with Crippen molar-refractivity contribution >= 4 is 11.0 Å². The number of likely N-dealkylation sites (N-methyl/N-ethyl adjacent to an activating group) is 1. The van der Waals surface area contributed by atoms with Gasteiger partial charge in [0.25, 0.3) is 0 Å². The molecule has 1 N–H and O–H groups in total. The second-order valence-electron chi connectivity index (χ2n) is 4.64. The van der Waals surface area contributed by atoms with Gasteiger partial charge >= 0.3 is 0 Å². The molecule has 0 radical (unpaired) electrons. The maximum Gasteiger partial charge on any atom is 0.0890 e. The summed E-state index contributed by atoms with van der Waals surface area (Å²) >= 11 is 0. The van der Waals surface area contributed by atoms with Crippen LogP contribution in [-0.2, 0) is 0 Å². The summed E-state index contributed by atoms with van der Waals surface area (Å²) in [5, 5.41) is 3.51. The molecule has 1 aromatic carbocycles. The van der Waals surface area contributed by atoms with E-state index in [9.17, 15) is 0 Å². The molecule has 3 nitrogen and oxygen atoms in total. The molecule has 3 heteroatoms. The maximum absolute atomic E-state index is 4.72. The lowest BCUT2D eigenvalue weighted by Gasteiger charge is -2.23. The molecule has 0 aliphatic rings. The van der Waals surface area contributed by atoms with E-state index in [2.05, 4.69) is 31.1 Å². The highest BCUT2D eigenvalue weighted by atomic mass is 14.9. The molecule has 0 amide bonds. The predicted octanol–water partition coefficient (Wildman–Crippen LogP) is 3.12. The van der Waals surface area contributed by atoms with Gasteiger partial charge < -0.3 is 5.32 Å². The third-order valence-electron chi connectivity index (χ3n) is 3.44. The number of fused-ring (bicyclic) bond motifs is 1. The van der Waals surface area contributed by atoms with E-state index < -0.39 is 0 Å². The molecular formula is C15H21N3. The van der Waals surface area contributed by atoms with Gasteiger partial charge in [0.05, 0.1) is 16.7 Å². The Morgan fingerprint density at radius 3 is 2.56 bits per heavy atom. The van der Waals surface area contributed by atoms with Crippen LogP contribution in [0.1, 0.15) is 38.8 Å². The minimum absolute atomic E-state index is 0.382. The average Bonchev–Trinajstić information content (AvgIpc) is 2.43. The Morgan fingerprint density at radius 2 is 1.89 bits per heavy atom. The zero-order valence-electron chi connectivity index (χ0n) is 11.4. The largest absolute Gasteiger partial charge is 0.314 e. The van der Waals surface area contributed by atoms with E-state index in [0.717, 1.165) is 29.7 Å². The number of aromatic nitrogens is 2. The van der Waals surface area contributed by atoms with Crippen molar-refractivity contribution in [2.24, 2.45) is 0 Å². The van der Waals surface area contributed by atoms with Gasteiger partial charge in [0.2, 0.25) is 0 Å². The molecule has 96 valence electrons. The Hall–Kier alpha value is -1.48. The predicted molar refractivity (Wildman–Crippen MR) is 75.7 cm³/mol. The van der Waals surface area contributed by atoms with Gasteiger partial charge in [-0.3, -0.25) is 4.98 Å². The summed E-state index contributed by atoms with van der Waals surface area (Å²) in [5.41, 5.74) is 3.01. The Labute approximate surface area is 109 Å². The fourth-order valence-corrected chi connectivity index (χ4v) is 2.33. The standard InChI is InChI=1S/C15H21N3/c1-4-12(16-5-2)11(3)15-10-17-13-8-6-7-9-14(13)18-15/h6-12,16H,4-5H2,1-3H3. The van der Waals surface area contributed by atoms with Gasteiger partial charge in [0.15, 0.2) is 0 Å². The Balaban J connectivity index is 2.29. The van der Waals surface area contributed by atoms with Gasteiger partial charge in [0, 0.05) is 18.2 Å². The van der Waals surface area contributed by atoms with Crippen molar-refractivity contribution in [3.63, 3.8) is 0 Å². The van der Waals surface area contributed by atoms with Gasteiger partial charge in [-0.1, -0.05) is 32.9 Å². The average molecular weight is 243 g/mol. The quantitative estimate of drug-likeness (QED) is 0.876. The highest BCUT2D eigenvalue weighted by Crippen LogP contribution is 2.20. The molecule has 0 bridgehead atoms. The fourth-order valence-electron chi connectivity index (χ4n) is 2.33. The molecule has 0 fully saturated rings. The van der Waals surface area contributed by atoms with Crippen molar-refractivity contribution in [3.8, 4) is 0 Å². The molecule has 1 aromatic heterocycles. The molecule has 0 saturated heterocycles. The molecule has 0 aliphatic carbocycles. The van der Waals surface area contributed by atoms with Crippen LogP contribution in [0.4, 0.5) is 0 Å². The Bertz CT molecular complexity index is 510. The summed E-state index contributed by atoms with van der Waals surface area (Å²) in [6, 6.07) is 8.48. The zero-order chi connectivity index (χ0) is 13.0. The molecule has 18 heavy (non-hydrogen) atoms. The van der Waals surface area contributed by atoms with E-state index in [0.29, 0.717) is 12.0 Å². The van der Waals surface area contributed by atoms with Crippen molar-refractivity contribution in [2.45, 2.75) is 39.2 Å². The van der Waals surface area contributed by atoms with Crippen molar-refractivity contribution in [1.82, 2.24) is 15.3 Å². The summed E-state index contributed by atoms with van der Waals surface area (Å²) in [6.45, 7) is 7.55. The van der Waals surface area contributed by atoms with Crippen LogP contribution in [0, 0.1) is 0 Å². The molecule has 2 rings (SSSR count). The van der Waals surface area contributed by atoms with Gasteiger partial charge in [0.1, 0.15) is 0 Å². The highest BCUT2D eigenvalue weighted by molar-refractivity contribution is 5.73. The molecule has 1 heterocycles. The first-order valence-corrected chi connectivity index (χ1v) is 6.71. The first kappa shape index (κ1) is 13.0. The summed E-state index contributed by atoms with van der Waals surface area (Å²) < 4.78 is 0. The van der Waals surface area contributed by atoms with Crippen molar-refractivity contribution in [1.29, 1.82) is 0 Å². The van der Waals surface area contributed by atoms with E-state index in [1.165, 1.54) is 0 Å². The van der Waals surface area contributed by atoms with Gasteiger partial charge in [-0.15, -0.1) is 0 Å². The third-order valence-corrected chi connectivity index (χ3v) is 3.44. The summed E-state index contributed by atoms with van der Waals surface area (Å²) in [5.74, 6) is 0.382. The first-order valence-electron chi connectivity index (χ1n) is 6.71. The lowest BCUT2D eigenvalue weighted by Crippen LogP contribution is -2.33. The fraction of sp³-hybridized carbons (Fsp3) is 0.467. The van der Waals surface area contributed by atoms with E-state index in [4.69, 9.17) is 4.98 Å². The molecular weight excluding hydrogens is 222 g/mol. The SMILES string of the molecule is CCNC(CC)C(C)c1cnc2ccccc2n1. The second kappa shape index (κ2) is 5.91. The van der Waals surface area contributed by atoms with Crippen molar-refractivity contribution in [2.75, 3.05) is 6.54 Å². The molecule has 0 aliphatic heterocycles. The molecule has 2 aromatic rings. The number of benzene rings is 1. The van der Waals surface area contributed by atoms with Crippen LogP contribution in [0.15, 0.2) is 30.5 Å². The van der Waals surface area contributed by atoms with E-state index >= 15 is 0 Å². The lowest BCUT2D eigenvalue weighted by atomic mass is 9.96. The van der Waals surface area contributed by atoms with Crippen molar-refractivity contribution < 1.29 is 0 Å². The minimum atomic E-state index is 0.382. The number of nitrogens with zero attached hydrogens (tertiary/aromatic N) is 2. The highest BCUT2D eigenvalue weighted by Gasteiger charge is 2.18. The van der Waals surface area contributed by atoms with Crippen LogP contribution in [-0.4, -0.2) is 22.6 Å². The van der Waals surface area contributed by atoms with Gasteiger partial charge in [-0.05, 0) is 25.1 Å². The van der Waals surface area contributed by atoms with Gasteiger partial charge in [-0.25, -0.2) is 4.98 Å². The van der Waals surface area contributed by atoms with Gasteiger partial charge in [-0.2, -0.15) is 0 Å². The van der Waals surface area contributed by atoms with Crippen LogP contribution >= 0.6 is 0 Å². The Morgan fingerprint density at radius 1 is 1.17 bits per heavy atom. The Kier molecular flexibility index (Phi) is 4.26. The number of nitrogens with one attached hydrogen (secondary N) is 1. The van der Waals surface area contributed by atoms with Crippen molar-refractivity contribution in [3.05, 3.63) is 36.2 Å². The summed E-state index contributed by atoms with van der Waals surface area (Å²) in [6.07, 6.45) is 3.01. The number of para-hydroxylation sites is 2. The monoisotopic (exact) mass is 243 g/mol. The van der Waals surface area contributed by atoms with Crippen LogP contribution in [0.2, 0.25) is 0 Å². The first-order chi connectivity index (χ1) is 8.76. The van der Waals surface area contributed by atoms with Crippen LogP contribution in [0.5, 0.6) is 0 Å².